The van der Waals surface area contributed by atoms with E-state index in [9.17, 15) is 0 Å². The lowest BCUT2D eigenvalue weighted by Gasteiger charge is -2.35. The van der Waals surface area contributed by atoms with Gasteiger partial charge in [0.2, 0.25) is 0 Å². The van der Waals surface area contributed by atoms with Gasteiger partial charge in [0.25, 0.3) is 0 Å². The van der Waals surface area contributed by atoms with E-state index in [-0.39, 0.29) is 10.8 Å². The van der Waals surface area contributed by atoms with Crippen LogP contribution in [0, 0.1) is 0 Å². The molecule has 0 amide bonds. The average Bonchev–Trinajstić information content (AvgIpc) is 3.81. The number of benzene rings is 9. The molecule has 0 saturated carbocycles. The molecule has 0 saturated heterocycles. The lowest BCUT2D eigenvalue weighted by atomic mass is 9.66. The standard InChI is InChI=1S/C59H45N/c1-57(2)51-23-13-10-20-45(51)48-33-31-44(37-56(48)57)60(42-18-6-5-7-19-42)43-29-26-40(27-30-43)59(52-24-14-11-21-46(52)47-22-12-15-25-53(47)59)41-28-32-49-50-34-38-16-8-9-17-39(38)35-54(50)58(3,4)55(49)36-41/h5-37H,1-4H3. The second-order valence-electron chi connectivity index (χ2n) is 18.1. The van der Waals surface area contributed by atoms with Crippen LogP contribution in [0.2, 0.25) is 0 Å². The van der Waals surface area contributed by atoms with Gasteiger partial charge in [0.15, 0.2) is 0 Å². The Kier molecular flexibility index (Phi) is 7.31. The fourth-order valence-corrected chi connectivity index (χ4v) is 11.4. The van der Waals surface area contributed by atoms with Gasteiger partial charge in [0.05, 0.1) is 5.41 Å². The van der Waals surface area contributed by atoms with Gasteiger partial charge in [-0.25, -0.2) is 0 Å². The lowest BCUT2D eigenvalue weighted by molar-refractivity contribution is 0.656. The number of hydrogen-bond donors (Lipinski definition) is 0. The summed E-state index contributed by atoms with van der Waals surface area (Å²) in [7, 11) is 0. The summed E-state index contributed by atoms with van der Waals surface area (Å²) >= 11 is 0. The van der Waals surface area contributed by atoms with Crippen molar-refractivity contribution in [2.45, 2.75) is 43.9 Å². The van der Waals surface area contributed by atoms with Crippen LogP contribution < -0.4 is 4.90 Å². The molecule has 0 spiro atoms. The van der Waals surface area contributed by atoms with Crippen molar-refractivity contribution >= 4 is 27.8 Å². The summed E-state index contributed by atoms with van der Waals surface area (Å²) in [6.07, 6.45) is 0. The zero-order valence-corrected chi connectivity index (χ0v) is 34.5. The molecule has 1 heteroatoms. The van der Waals surface area contributed by atoms with Gasteiger partial charge in [-0.3, -0.25) is 0 Å². The Morgan fingerprint density at radius 1 is 0.283 bits per heavy atom. The second kappa shape index (κ2) is 12.5. The van der Waals surface area contributed by atoms with Gasteiger partial charge in [-0.1, -0.05) is 179 Å². The van der Waals surface area contributed by atoms with E-state index in [1.807, 2.05) is 0 Å². The normalized spacial score (nSPS) is 15.4. The van der Waals surface area contributed by atoms with Crippen molar-refractivity contribution in [1.29, 1.82) is 0 Å². The van der Waals surface area contributed by atoms with E-state index in [1.165, 1.54) is 88.7 Å². The molecular weight excluding hydrogens is 723 g/mol. The second-order valence-corrected chi connectivity index (χ2v) is 18.1. The van der Waals surface area contributed by atoms with Crippen molar-refractivity contribution in [2.24, 2.45) is 0 Å². The van der Waals surface area contributed by atoms with E-state index < -0.39 is 5.41 Å². The van der Waals surface area contributed by atoms with E-state index in [1.54, 1.807) is 0 Å². The molecule has 1 nitrogen and oxygen atoms in total. The highest BCUT2D eigenvalue weighted by atomic mass is 15.1. The largest absolute Gasteiger partial charge is 0.310 e. The first-order chi connectivity index (χ1) is 29.3. The summed E-state index contributed by atoms with van der Waals surface area (Å²) in [4.78, 5) is 2.42. The van der Waals surface area contributed by atoms with Crippen LogP contribution in [0.5, 0.6) is 0 Å². The molecule has 0 atom stereocenters. The van der Waals surface area contributed by atoms with Crippen molar-refractivity contribution in [2.75, 3.05) is 4.90 Å². The van der Waals surface area contributed by atoms with E-state index in [2.05, 4.69) is 233 Å². The van der Waals surface area contributed by atoms with Crippen LogP contribution in [0.4, 0.5) is 17.1 Å². The predicted octanol–water partition coefficient (Wildman–Crippen LogP) is 15.3. The molecule has 12 rings (SSSR count). The predicted molar refractivity (Wildman–Crippen MR) is 251 cm³/mol. The van der Waals surface area contributed by atoms with E-state index in [4.69, 9.17) is 0 Å². The van der Waals surface area contributed by atoms with Gasteiger partial charge in [-0.2, -0.15) is 0 Å². The summed E-state index contributed by atoms with van der Waals surface area (Å²) < 4.78 is 0. The molecule has 0 aromatic heterocycles. The smallest absolute Gasteiger partial charge is 0.0713 e. The van der Waals surface area contributed by atoms with E-state index in [0.717, 1.165) is 17.1 Å². The molecule has 286 valence electrons. The topological polar surface area (TPSA) is 3.24 Å². The molecule has 3 aliphatic rings. The molecule has 0 aliphatic heterocycles. The minimum atomic E-state index is -0.517. The van der Waals surface area contributed by atoms with Crippen LogP contribution in [0.25, 0.3) is 44.2 Å². The first kappa shape index (κ1) is 35.0. The van der Waals surface area contributed by atoms with Crippen LogP contribution in [-0.4, -0.2) is 0 Å². The average molecular weight is 768 g/mol. The fourth-order valence-electron chi connectivity index (χ4n) is 11.4. The third-order valence-corrected chi connectivity index (χ3v) is 14.3. The van der Waals surface area contributed by atoms with Gasteiger partial charge in [-0.15, -0.1) is 0 Å². The summed E-state index contributed by atoms with van der Waals surface area (Å²) in [5.74, 6) is 0. The molecule has 0 fully saturated rings. The summed E-state index contributed by atoms with van der Waals surface area (Å²) in [5.41, 5.74) is 21.4. The molecule has 0 bridgehead atoms. The van der Waals surface area contributed by atoms with Crippen molar-refractivity contribution in [3.8, 4) is 33.4 Å². The Bertz CT molecular complexity index is 3160. The number of hydrogen-bond acceptors (Lipinski definition) is 1. The van der Waals surface area contributed by atoms with Crippen LogP contribution in [0.3, 0.4) is 0 Å². The van der Waals surface area contributed by atoms with Gasteiger partial charge in [0, 0.05) is 27.9 Å². The third-order valence-electron chi connectivity index (χ3n) is 14.3. The Morgan fingerprint density at radius 2 is 0.717 bits per heavy atom. The number of nitrogens with zero attached hydrogens (tertiary/aromatic N) is 1. The summed E-state index contributed by atoms with van der Waals surface area (Å²) in [6.45, 7) is 9.54. The highest BCUT2D eigenvalue weighted by Gasteiger charge is 2.47. The molecule has 9 aromatic carbocycles. The maximum atomic E-state index is 2.55. The van der Waals surface area contributed by atoms with Crippen LogP contribution in [-0.2, 0) is 16.2 Å². The Labute approximate surface area is 353 Å². The van der Waals surface area contributed by atoms with Crippen LogP contribution >= 0.6 is 0 Å². The number of fused-ring (bicyclic) bond motifs is 10. The molecule has 0 unspecified atom stereocenters. The first-order valence-corrected chi connectivity index (χ1v) is 21.3. The Balaban J connectivity index is 1.04. The maximum absolute atomic E-state index is 2.55. The van der Waals surface area contributed by atoms with Crippen LogP contribution in [0.1, 0.15) is 72.2 Å². The first-order valence-electron chi connectivity index (χ1n) is 21.3. The number of rotatable bonds is 5. The minimum absolute atomic E-state index is 0.0942. The van der Waals surface area contributed by atoms with E-state index >= 15 is 0 Å². The molecular formula is C59H45N. The maximum Gasteiger partial charge on any atom is 0.0713 e. The molecule has 60 heavy (non-hydrogen) atoms. The molecule has 0 radical (unpaired) electrons. The van der Waals surface area contributed by atoms with Crippen molar-refractivity contribution in [3.63, 3.8) is 0 Å². The lowest BCUT2D eigenvalue weighted by Crippen LogP contribution is -2.29. The van der Waals surface area contributed by atoms with Crippen molar-refractivity contribution < 1.29 is 0 Å². The van der Waals surface area contributed by atoms with E-state index in [0.29, 0.717) is 0 Å². The van der Waals surface area contributed by atoms with Gasteiger partial charge < -0.3 is 4.90 Å². The highest BCUT2D eigenvalue weighted by molar-refractivity contribution is 5.94. The summed E-state index contributed by atoms with van der Waals surface area (Å²) in [5, 5.41) is 2.59. The minimum Gasteiger partial charge on any atom is -0.310 e. The monoisotopic (exact) mass is 767 g/mol. The van der Waals surface area contributed by atoms with Gasteiger partial charge in [-0.05, 0) is 137 Å². The number of para-hydroxylation sites is 1. The summed E-state index contributed by atoms with van der Waals surface area (Å²) in [6, 6.07) is 75.5. The number of anilines is 3. The zero-order valence-electron chi connectivity index (χ0n) is 34.5. The molecule has 9 aromatic rings. The molecule has 0 heterocycles. The van der Waals surface area contributed by atoms with Crippen molar-refractivity contribution in [3.05, 3.63) is 245 Å². The molecule has 0 N–H and O–H groups in total. The SMILES string of the molecule is CC1(C)c2ccccc2-c2ccc(N(c3ccccc3)c3ccc(C4(c5ccc6c(c5)C(C)(C)c5cc7ccccc7cc5-6)c5ccccc5-c5ccccc54)cc3)cc21. The Hall–Kier alpha value is -6.96. The third kappa shape index (κ3) is 4.69. The zero-order chi connectivity index (χ0) is 40.4. The fraction of sp³-hybridized carbons (Fsp3) is 0.119. The van der Waals surface area contributed by atoms with Gasteiger partial charge >= 0.3 is 0 Å². The quantitative estimate of drug-likeness (QED) is 0.169. The van der Waals surface area contributed by atoms with Crippen molar-refractivity contribution in [1.82, 2.24) is 0 Å². The molecule has 3 aliphatic carbocycles. The highest BCUT2D eigenvalue weighted by Crippen LogP contribution is 2.59. The van der Waals surface area contributed by atoms with Crippen LogP contribution in [0.15, 0.2) is 200 Å². The van der Waals surface area contributed by atoms with Gasteiger partial charge in [0.1, 0.15) is 0 Å². The Morgan fingerprint density at radius 3 is 1.40 bits per heavy atom.